The molecular weight excluding hydrogens is 524 g/mol. The summed E-state index contributed by atoms with van der Waals surface area (Å²) >= 11 is 0. The molecular formula is C29H28O11. The van der Waals surface area contributed by atoms with Gasteiger partial charge in [0.2, 0.25) is 6.29 Å². The fourth-order valence-electron chi connectivity index (χ4n) is 4.11. The molecule has 1 fully saturated rings. The molecule has 1 aliphatic rings. The van der Waals surface area contributed by atoms with Gasteiger partial charge in [-0.05, 0) is 36.4 Å². The van der Waals surface area contributed by atoms with Crippen molar-refractivity contribution in [3.63, 3.8) is 0 Å². The second kappa shape index (κ2) is 13.0. The molecule has 1 aliphatic heterocycles. The van der Waals surface area contributed by atoms with Crippen LogP contribution >= 0.6 is 0 Å². The highest BCUT2D eigenvalue weighted by molar-refractivity contribution is 5.94. The van der Waals surface area contributed by atoms with Crippen molar-refractivity contribution >= 4 is 17.9 Å². The van der Waals surface area contributed by atoms with Gasteiger partial charge in [0, 0.05) is 0 Å². The Morgan fingerprint density at radius 1 is 0.675 bits per heavy atom. The third kappa shape index (κ3) is 6.16. The summed E-state index contributed by atoms with van der Waals surface area (Å²) in [6, 6.07) is 19.1. The average molecular weight is 553 g/mol. The number of carbonyl (C=O) groups is 3. The fraction of sp³-hybridized carbons (Fsp3) is 0.276. The second-order valence-corrected chi connectivity index (χ2v) is 8.51. The topological polar surface area (TPSA) is 136 Å². The number of para-hydroxylation sites is 3. The molecule has 4 atom stereocenters. The van der Waals surface area contributed by atoms with Gasteiger partial charge >= 0.3 is 17.9 Å². The summed E-state index contributed by atoms with van der Waals surface area (Å²) in [7, 11) is 4.20. The van der Waals surface area contributed by atoms with Gasteiger partial charge in [0.15, 0.2) is 12.2 Å². The van der Waals surface area contributed by atoms with Crippen LogP contribution in [0.2, 0.25) is 0 Å². The Labute approximate surface area is 230 Å². The molecule has 4 rings (SSSR count). The highest BCUT2D eigenvalue weighted by Gasteiger charge is 2.49. The van der Waals surface area contributed by atoms with Crippen LogP contribution in [-0.2, 0) is 18.9 Å². The smallest absolute Gasteiger partial charge is 0.344 e. The molecule has 0 spiro atoms. The van der Waals surface area contributed by atoms with Gasteiger partial charge in [0.05, 0.1) is 21.3 Å². The lowest BCUT2D eigenvalue weighted by Crippen LogP contribution is -2.40. The summed E-state index contributed by atoms with van der Waals surface area (Å²) in [6.45, 7) is -0.444. The Hall–Kier alpha value is -4.61. The Morgan fingerprint density at radius 2 is 1.10 bits per heavy atom. The molecule has 0 radical (unpaired) electrons. The monoisotopic (exact) mass is 552 g/mol. The van der Waals surface area contributed by atoms with Crippen molar-refractivity contribution < 1.29 is 52.6 Å². The number of methoxy groups -OCH3 is 3. The van der Waals surface area contributed by atoms with Crippen LogP contribution in [0.1, 0.15) is 31.1 Å². The molecule has 1 N–H and O–H groups in total. The van der Waals surface area contributed by atoms with E-state index in [0.717, 1.165) is 0 Å². The van der Waals surface area contributed by atoms with E-state index in [1.54, 1.807) is 54.6 Å². The number of rotatable bonds is 10. The standard InChI is InChI=1S/C29H28O11/c1-34-20-13-7-4-10-17(20)26(31)37-16-23-25(39-27(32)18-11-5-8-14-21(18)35-2)24(30)29(38-23)40-28(33)19-12-6-9-15-22(19)36-3/h4-15,23-25,29-30H,16H2,1-3H3. The van der Waals surface area contributed by atoms with E-state index in [-0.39, 0.29) is 28.2 Å². The first kappa shape index (κ1) is 28.4. The number of ether oxygens (including phenoxy) is 7. The van der Waals surface area contributed by atoms with E-state index in [1.165, 1.54) is 39.5 Å². The number of aliphatic hydroxyl groups is 1. The largest absolute Gasteiger partial charge is 0.496 e. The van der Waals surface area contributed by atoms with E-state index in [4.69, 9.17) is 33.2 Å². The average Bonchev–Trinajstić information content (AvgIpc) is 3.28. The molecule has 11 heteroatoms. The van der Waals surface area contributed by atoms with E-state index in [2.05, 4.69) is 0 Å². The summed E-state index contributed by atoms with van der Waals surface area (Å²) in [6.07, 6.45) is -5.74. The Bertz CT molecular complexity index is 1360. The molecule has 1 heterocycles. The first-order chi connectivity index (χ1) is 19.4. The van der Waals surface area contributed by atoms with Crippen LogP contribution in [0.4, 0.5) is 0 Å². The Balaban J connectivity index is 1.54. The minimum atomic E-state index is -1.62. The van der Waals surface area contributed by atoms with Gasteiger partial charge in [0.1, 0.15) is 46.6 Å². The summed E-state index contributed by atoms with van der Waals surface area (Å²) in [5.74, 6) is -1.62. The van der Waals surface area contributed by atoms with Gasteiger partial charge in [-0.3, -0.25) is 0 Å². The molecule has 3 aromatic carbocycles. The molecule has 0 saturated carbocycles. The van der Waals surface area contributed by atoms with E-state index in [9.17, 15) is 19.5 Å². The van der Waals surface area contributed by atoms with Crippen molar-refractivity contribution in [2.75, 3.05) is 27.9 Å². The first-order valence-electron chi connectivity index (χ1n) is 12.2. The van der Waals surface area contributed by atoms with Gasteiger partial charge in [-0.2, -0.15) is 0 Å². The quantitative estimate of drug-likeness (QED) is 0.294. The highest BCUT2D eigenvalue weighted by atomic mass is 16.7. The van der Waals surface area contributed by atoms with Crippen molar-refractivity contribution in [1.29, 1.82) is 0 Å². The molecule has 4 unspecified atom stereocenters. The van der Waals surface area contributed by atoms with Crippen LogP contribution in [0.3, 0.4) is 0 Å². The summed E-state index contributed by atoms with van der Waals surface area (Å²) in [5.41, 5.74) is 0.344. The van der Waals surface area contributed by atoms with Crippen LogP contribution in [-0.4, -0.2) is 75.6 Å². The van der Waals surface area contributed by atoms with Crippen molar-refractivity contribution in [1.82, 2.24) is 0 Å². The number of esters is 3. The Kier molecular flexibility index (Phi) is 9.20. The predicted octanol–water partition coefficient (Wildman–Crippen LogP) is 3.04. The second-order valence-electron chi connectivity index (χ2n) is 8.51. The van der Waals surface area contributed by atoms with Crippen LogP contribution in [0.15, 0.2) is 72.8 Å². The third-order valence-corrected chi connectivity index (χ3v) is 6.12. The normalized spacial score (nSPS) is 19.8. The molecule has 3 aromatic rings. The zero-order chi connectivity index (χ0) is 28.6. The van der Waals surface area contributed by atoms with E-state index in [0.29, 0.717) is 5.75 Å². The highest BCUT2D eigenvalue weighted by Crippen LogP contribution is 2.30. The van der Waals surface area contributed by atoms with Crippen LogP contribution in [0, 0.1) is 0 Å². The lowest BCUT2D eigenvalue weighted by Gasteiger charge is -2.21. The molecule has 0 amide bonds. The Morgan fingerprint density at radius 3 is 1.57 bits per heavy atom. The minimum Gasteiger partial charge on any atom is -0.496 e. The molecule has 210 valence electrons. The lowest BCUT2D eigenvalue weighted by molar-refractivity contribution is -0.139. The van der Waals surface area contributed by atoms with Gasteiger partial charge in [-0.15, -0.1) is 0 Å². The molecule has 0 bridgehead atoms. The number of hydrogen-bond acceptors (Lipinski definition) is 11. The SMILES string of the molecule is COc1ccccc1C(=O)OCC1OC(OC(=O)c2ccccc2OC)C(O)C1OC(=O)c1ccccc1OC. The van der Waals surface area contributed by atoms with Crippen molar-refractivity contribution in [3.05, 3.63) is 89.5 Å². The molecule has 0 aromatic heterocycles. The molecule has 0 aliphatic carbocycles. The van der Waals surface area contributed by atoms with Gasteiger partial charge in [-0.25, -0.2) is 14.4 Å². The van der Waals surface area contributed by atoms with Gasteiger partial charge in [0.25, 0.3) is 0 Å². The van der Waals surface area contributed by atoms with E-state index in [1.807, 2.05) is 0 Å². The zero-order valence-corrected chi connectivity index (χ0v) is 22.0. The number of benzene rings is 3. The molecule has 1 saturated heterocycles. The summed E-state index contributed by atoms with van der Waals surface area (Å²) < 4.78 is 37.8. The van der Waals surface area contributed by atoms with Crippen LogP contribution in [0.25, 0.3) is 0 Å². The zero-order valence-electron chi connectivity index (χ0n) is 22.0. The summed E-state index contributed by atoms with van der Waals surface area (Å²) in [4.78, 5) is 38.7. The van der Waals surface area contributed by atoms with Crippen molar-refractivity contribution in [2.24, 2.45) is 0 Å². The molecule has 11 nitrogen and oxygen atoms in total. The number of hydrogen-bond donors (Lipinski definition) is 1. The maximum Gasteiger partial charge on any atom is 0.344 e. The molecule has 40 heavy (non-hydrogen) atoms. The van der Waals surface area contributed by atoms with E-state index >= 15 is 0 Å². The number of carbonyl (C=O) groups excluding carboxylic acids is 3. The summed E-state index contributed by atoms with van der Waals surface area (Å²) in [5, 5.41) is 11.0. The van der Waals surface area contributed by atoms with Gasteiger partial charge < -0.3 is 38.3 Å². The fourth-order valence-corrected chi connectivity index (χ4v) is 4.11. The van der Waals surface area contributed by atoms with Crippen LogP contribution in [0.5, 0.6) is 17.2 Å². The predicted molar refractivity (Wildman–Crippen MR) is 139 cm³/mol. The maximum atomic E-state index is 13.0. The maximum absolute atomic E-state index is 13.0. The van der Waals surface area contributed by atoms with Gasteiger partial charge in [-0.1, -0.05) is 36.4 Å². The third-order valence-electron chi connectivity index (χ3n) is 6.12. The first-order valence-corrected chi connectivity index (χ1v) is 12.2. The number of aliphatic hydroxyl groups excluding tert-OH is 1. The van der Waals surface area contributed by atoms with Crippen molar-refractivity contribution in [2.45, 2.75) is 24.6 Å². The van der Waals surface area contributed by atoms with Crippen LogP contribution < -0.4 is 14.2 Å². The minimum absolute atomic E-state index is 0.0921. The van der Waals surface area contributed by atoms with E-state index < -0.39 is 49.1 Å². The lowest BCUT2D eigenvalue weighted by atomic mass is 10.1. The van der Waals surface area contributed by atoms with Crippen molar-refractivity contribution in [3.8, 4) is 17.2 Å².